The topological polar surface area (TPSA) is 61.4 Å². The Labute approximate surface area is 95.6 Å². The van der Waals surface area contributed by atoms with E-state index in [-0.39, 0.29) is 17.9 Å². The van der Waals surface area contributed by atoms with Gasteiger partial charge in [-0.25, -0.2) is 0 Å². The lowest BCUT2D eigenvalue weighted by atomic mass is 10.0. The van der Waals surface area contributed by atoms with E-state index in [4.69, 9.17) is 0 Å². The number of carbonyl (C=O) groups is 2. The molecule has 2 aliphatic heterocycles. The number of imide groups is 1. The molecule has 0 spiro atoms. The number of nitrogens with zero attached hydrogens (tertiary/aromatic N) is 1. The Hall–Kier alpha value is -0.940. The molecule has 2 fully saturated rings. The number of piperidine rings is 2. The molecule has 5 nitrogen and oxygen atoms in total. The van der Waals surface area contributed by atoms with Crippen LogP contribution >= 0.6 is 0 Å². The van der Waals surface area contributed by atoms with Gasteiger partial charge in [-0.2, -0.15) is 0 Å². The smallest absolute Gasteiger partial charge is 0.243 e. The Kier molecular flexibility index (Phi) is 3.56. The monoisotopic (exact) mass is 225 g/mol. The summed E-state index contributed by atoms with van der Waals surface area (Å²) in [5.41, 5.74) is 0. The van der Waals surface area contributed by atoms with E-state index in [0.717, 1.165) is 19.5 Å². The highest BCUT2D eigenvalue weighted by molar-refractivity contribution is 6.00. The lowest BCUT2D eigenvalue weighted by Crippen LogP contribution is -2.56. The lowest BCUT2D eigenvalue weighted by Gasteiger charge is -2.33. The number of rotatable bonds is 2. The van der Waals surface area contributed by atoms with Gasteiger partial charge >= 0.3 is 0 Å². The molecule has 0 aromatic rings. The molecule has 0 radical (unpaired) electrons. The van der Waals surface area contributed by atoms with Crippen molar-refractivity contribution >= 4 is 11.8 Å². The Bertz CT molecular complexity index is 293. The number of hydrogen-bond acceptors (Lipinski definition) is 4. The molecular weight excluding hydrogens is 206 g/mol. The van der Waals surface area contributed by atoms with Gasteiger partial charge in [0, 0.05) is 19.0 Å². The highest BCUT2D eigenvalue weighted by atomic mass is 16.2. The Morgan fingerprint density at radius 2 is 2.19 bits per heavy atom. The van der Waals surface area contributed by atoms with Gasteiger partial charge in [0.2, 0.25) is 11.8 Å². The van der Waals surface area contributed by atoms with E-state index >= 15 is 0 Å². The molecule has 2 amide bonds. The second-order valence-corrected chi connectivity index (χ2v) is 4.77. The summed E-state index contributed by atoms with van der Waals surface area (Å²) in [6.45, 7) is 2.12. The second-order valence-electron chi connectivity index (χ2n) is 4.77. The average Bonchev–Trinajstić information content (AvgIpc) is 2.22. The SMILES string of the molecule is CN1CCCC(NC2CCC(=O)NC2=O)C1. The van der Waals surface area contributed by atoms with Crippen LogP contribution in [0.1, 0.15) is 25.7 Å². The van der Waals surface area contributed by atoms with Crippen molar-refractivity contribution in [1.82, 2.24) is 15.5 Å². The fourth-order valence-electron chi connectivity index (χ4n) is 2.44. The maximum Gasteiger partial charge on any atom is 0.243 e. The molecule has 2 unspecified atom stereocenters. The summed E-state index contributed by atoms with van der Waals surface area (Å²) in [5, 5.41) is 5.73. The third-order valence-corrected chi connectivity index (χ3v) is 3.30. The Morgan fingerprint density at radius 1 is 1.38 bits per heavy atom. The molecule has 0 bridgehead atoms. The maximum atomic E-state index is 11.6. The largest absolute Gasteiger partial charge is 0.305 e. The number of hydrogen-bond donors (Lipinski definition) is 2. The van der Waals surface area contributed by atoms with E-state index in [0.29, 0.717) is 18.9 Å². The van der Waals surface area contributed by atoms with E-state index in [9.17, 15) is 9.59 Å². The predicted molar refractivity (Wildman–Crippen MR) is 59.8 cm³/mol. The Balaban J connectivity index is 1.84. The van der Waals surface area contributed by atoms with Crippen molar-refractivity contribution in [3.8, 4) is 0 Å². The van der Waals surface area contributed by atoms with Gasteiger partial charge in [0.05, 0.1) is 6.04 Å². The first kappa shape index (κ1) is 11.5. The van der Waals surface area contributed by atoms with Crippen molar-refractivity contribution in [2.75, 3.05) is 20.1 Å². The first-order valence-corrected chi connectivity index (χ1v) is 5.93. The van der Waals surface area contributed by atoms with Gasteiger partial charge in [0.15, 0.2) is 0 Å². The predicted octanol–water partition coefficient (Wildman–Crippen LogP) is -0.525. The van der Waals surface area contributed by atoms with Gasteiger partial charge in [-0.15, -0.1) is 0 Å². The standard InChI is InChI=1S/C11H19N3O2/c1-14-6-2-3-8(7-14)12-9-4-5-10(15)13-11(9)16/h8-9,12H,2-7H2,1H3,(H,13,15,16). The van der Waals surface area contributed by atoms with Gasteiger partial charge in [0.1, 0.15) is 0 Å². The minimum Gasteiger partial charge on any atom is -0.305 e. The van der Waals surface area contributed by atoms with Crippen LogP contribution in [0.5, 0.6) is 0 Å². The van der Waals surface area contributed by atoms with Crippen LogP contribution in [0.15, 0.2) is 0 Å². The molecule has 2 rings (SSSR count). The molecular formula is C11H19N3O2. The van der Waals surface area contributed by atoms with Crippen LogP contribution in [0.25, 0.3) is 0 Å². The van der Waals surface area contributed by atoms with Crippen LogP contribution in [-0.4, -0.2) is 48.9 Å². The zero-order valence-electron chi connectivity index (χ0n) is 9.66. The summed E-state index contributed by atoms with van der Waals surface area (Å²) in [6, 6.07) is 0.192. The van der Waals surface area contributed by atoms with E-state index in [1.165, 1.54) is 6.42 Å². The summed E-state index contributed by atoms with van der Waals surface area (Å²) < 4.78 is 0. The first-order valence-electron chi connectivity index (χ1n) is 5.93. The number of likely N-dealkylation sites (tertiary alicyclic amines) is 1. The molecule has 2 aliphatic rings. The van der Waals surface area contributed by atoms with Crippen molar-refractivity contribution in [3.63, 3.8) is 0 Å². The zero-order chi connectivity index (χ0) is 11.5. The highest BCUT2D eigenvalue weighted by Crippen LogP contribution is 2.11. The molecule has 5 heteroatoms. The molecule has 2 N–H and O–H groups in total. The van der Waals surface area contributed by atoms with Crippen molar-refractivity contribution < 1.29 is 9.59 Å². The number of amides is 2. The van der Waals surface area contributed by atoms with Gasteiger partial charge in [-0.3, -0.25) is 14.9 Å². The minimum atomic E-state index is -0.186. The van der Waals surface area contributed by atoms with Crippen LogP contribution in [0.4, 0.5) is 0 Å². The van der Waals surface area contributed by atoms with Crippen molar-refractivity contribution in [1.29, 1.82) is 0 Å². The average molecular weight is 225 g/mol. The molecule has 16 heavy (non-hydrogen) atoms. The molecule has 0 aromatic heterocycles. The fourth-order valence-corrected chi connectivity index (χ4v) is 2.44. The zero-order valence-corrected chi connectivity index (χ0v) is 9.66. The quantitative estimate of drug-likeness (QED) is 0.621. The highest BCUT2D eigenvalue weighted by Gasteiger charge is 2.29. The van der Waals surface area contributed by atoms with Crippen molar-refractivity contribution in [3.05, 3.63) is 0 Å². The molecule has 0 aliphatic carbocycles. The lowest BCUT2D eigenvalue weighted by molar-refractivity contribution is -0.135. The van der Waals surface area contributed by atoms with Crippen LogP contribution in [0, 0.1) is 0 Å². The first-order chi connectivity index (χ1) is 7.65. The van der Waals surface area contributed by atoms with Crippen LogP contribution < -0.4 is 10.6 Å². The fraction of sp³-hybridized carbons (Fsp3) is 0.818. The van der Waals surface area contributed by atoms with E-state index in [1.807, 2.05) is 0 Å². The van der Waals surface area contributed by atoms with Crippen molar-refractivity contribution in [2.45, 2.75) is 37.8 Å². The summed E-state index contributed by atoms with van der Waals surface area (Å²) in [6.07, 6.45) is 3.36. The molecule has 0 aromatic carbocycles. The third-order valence-electron chi connectivity index (χ3n) is 3.30. The number of nitrogens with one attached hydrogen (secondary N) is 2. The summed E-state index contributed by atoms with van der Waals surface area (Å²) in [7, 11) is 2.10. The van der Waals surface area contributed by atoms with Crippen molar-refractivity contribution in [2.24, 2.45) is 0 Å². The van der Waals surface area contributed by atoms with E-state index < -0.39 is 0 Å². The van der Waals surface area contributed by atoms with E-state index in [1.54, 1.807) is 0 Å². The van der Waals surface area contributed by atoms with E-state index in [2.05, 4.69) is 22.6 Å². The Morgan fingerprint density at radius 3 is 2.88 bits per heavy atom. The van der Waals surface area contributed by atoms with Gasteiger partial charge in [0.25, 0.3) is 0 Å². The molecule has 2 heterocycles. The van der Waals surface area contributed by atoms with Gasteiger partial charge in [-0.05, 0) is 32.9 Å². The summed E-state index contributed by atoms with van der Waals surface area (Å²) in [5.74, 6) is -0.312. The third kappa shape index (κ3) is 2.80. The molecule has 0 saturated carbocycles. The normalized spacial score (nSPS) is 32.6. The molecule has 2 saturated heterocycles. The number of likely N-dealkylation sites (N-methyl/N-ethyl adjacent to an activating group) is 1. The van der Waals surface area contributed by atoms with Gasteiger partial charge in [-0.1, -0.05) is 0 Å². The van der Waals surface area contributed by atoms with Gasteiger partial charge < -0.3 is 10.2 Å². The van der Waals surface area contributed by atoms with Crippen LogP contribution in [0.2, 0.25) is 0 Å². The molecule has 90 valence electrons. The minimum absolute atomic E-state index is 0.149. The molecule has 2 atom stereocenters. The summed E-state index contributed by atoms with van der Waals surface area (Å²) >= 11 is 0. The maximum absolute atomic E-state index is 11.6. The summed E-state index contributed by atoms with van der Waals surface area (Å²) in [4.78, 5) is 24.8. The van der Waals surface area contributed by atoms with Crippen LogP contribution in [-0.2, 0) is 9.59 Å². The van der Waals surface area contributed by atoms with Crippen LogP contribution in [0.3, 0.4) is 0 Å². The number of carbonyl (C=O) groups excluding carboxylic acids is 2. The second kappa shape index (κ2) is 4.93.